The van der Waals surface area contributed by atoms with E-state index in [1.807, 2.05) is 18.8 Å². The summed E-state index contributed by atoms with van der Waals surface area (Å²) >= 11 is 1.87. The van der Waals surface area contributed by atoms with E-state index in [2.05, 4.69) is 66.1 Å². The van der Waals surface area contributed by atoms with E-state index in [0.717, 1.165) is 12.5 Å². The molecule has 0 amide bonds. The van der Waals surface area contributed by atoms with Gasteiger partial charge in [-0.3, -0.25) is 4.99 Å². The maximum absolute atomic E-state index is 4.32. The second-order valence-corrected chi connectivity index (χ2v) is 7.41. The molecule has 1 aromatic carbocycles. The minimum absolute atomic E-state index is 0.222. The summed E-state index contributed by atoms with van der Waals surface area (Å²) in [5.41, 5.74) is 1.42. The topological polar surface area (TPSA) is 36.4 Å². The van der Waals surface area contributed by atoms with Crippen molar-refractivity contribution in [2.75, 3.05) is 19.8 Å². The van der Waals surface area contributed by atoms with Crippen LogP contribution in [0.1, 0.15) is 31.7 Å². The fourth-order valence-electron chi connectivity index (χ4n) is 2.16. The van der Waals surface area contributed by atoms with Gasteiger partial charge >= 0.3 is 0 Å². The van der Waals surface area contributed by atoms with Crippen molar-refractivity contribution in [2.24, 2.45) is 4.99 Å². The lowest BCUT2D eigenvalue weighted by atomic mass is 10.1. The van der Waals surface area contributed by atoms with E-state index in [1.54, 1.807) is 0 Å². The van der Waals surface area contributed by atoms with Gasteiger partial charge in [-0.1, -0.05) is 30.3 Å². The molecule has 3 nitrogen and oxygen atoms in total. The summed E-state index contributed by atoms with van der Waals surface area (Å²) in [6, 6.07) is 11.2. The van der Waals surface area contributed by atoms with E-state index in [9.17, 15) is 0 Å². The second-order valence-electron chi connectivity index (χ2n) is 5.89. The maximum Gasteiger partial charge on any atom is 0.191 e. The van der Waals surface area contributed by atoms with Crippen molar-refractivity contribution in [3.63, 3.8) is 0 Å². The number of nitrogens with zero attached hydrogens (tertiary/aromatic N) is 1. The van der Waals surface area contributed by atoms with Gasteiger partial charge in [-0.25, -0.2) is 0 Å². The van der Waals surface area contributed by atoms with Gasteiger partial charge in [-0.05, 0) is 32.1 Å². The van der Waals surface area contributed by atoms with Crippen molar-refractivity contribution in [3.05, 3.63) is 35.9 Å². The van der Waals surface area contributed by atoms with E-state index in [-0.39, 0.29) is 4.75 Å². The average molecular weight is 291 g/mol. The molecule has 4 heteroatoms. The zero-order valence-corrected chi connectivity index (χ0v) is 13.6. The third-order valence-corrected chi connectivity index (χ3v) is 5.05. The minimum Gasteiger partial charge on any atom is -0.355 e. The van der Waals surface area contributed by atoms with Crippen LogP contribution < -0.4 is 10.6 Å². The van der Waals surface area contributed by atoms with Crippen molar-refractivity contribution < 1.29 is 0 Å². The first-order valence-electron chi connectivity index (χ1n) is 7.13. The van der Waals surface area contributed by atoms with Gasteiger partial charge in [0.1, 0.15) is 0 Å². The lowest BCUT2D eigenvalue weighted by molar-refractivity contribution is 0.662. The van der Waals surface area contributed by atoms with Gasteiger partial charge in [0.05, 0.1) is 0 Å². The first-order valence-corrected chi connectivity index (χ1v) is 8.35. The highest BCUT2D eigenvalue weighted by atomic mass is 32.2. The molecule has 0 saturated heterocycles. The molecular formula is C16H25N3S. The summed E-state index contributed by atoms with van der Waals surface area (Å²) in [5, 5.41) is 6.94. The Labute approximate surface area is 126 Å². The quantitative estimate of drug-likeness (QED) is 0.647. The molecular weight excluding hydrogens is 266 g/mol. The highest BCUT2D eigenvalue weighted by Crippen LogP contribution is 2.40. The van der Waals surface area contributed by atoms with Crippen molar-refractivity contribution in [2.45, 2.75) is 37.0 Å². The summed E-state index contributed by atoms with van der Waals surface area (Å²) in [6.07, 6.45) is 3.33. The fraction of sp³-hybridized carbons (Fsp3) is 0.562. The molecule has 2 atom stereocenters. The molecule has 0 spiro atoms. The molecule has 2 N–H and O–H groups in total. The summed E-state index contributed by atoms with van der Waals surface area (Å²) in [5.74, 6) is 1.54. The predicted molar refractivity (Wildman–Crippen MR) is 89.7 cm³/mol. The van der Waals surface area contributed by atoms with Gasteiger partial charge in [-0.15, -0.1) is 0 Å². The van der Waals surface area contributed by atoms with E-state index in [0.29, 0.717) is 12.0 Å². The monoisotopic (exact) mass is 291 g/mol. The molecule has 1 fully saturated rings. The number of nitrogens with one attached hydrogen (secondary N) is 2. The molecule has 2 unspecified atom stereocenters. The third kappa shape index (κ3) is 4.17. The van der Waals surface area contributed by atoms with E-state index in [4.69, 9.17) is 0 Å². The van der Waals surface area contributed by atoms with Gasteiger partial charge in [0, 0.05) is 30.3 Å². The van der Waals surface area contributed by atoms with Gasteiger partial charge in [-0.2, -0.15) is 11.8 Å². The van der Waals surface area contributed by atoms with Crippen LogP contribution in [0.2, 0.25) is 0 Å². The number of aliphatic imine (C=N–C) groups is 1. The van der Waals surface area contributed by atoms with Gasteiger partial charge in [0.2, 0.25) is 0 Å². The molecule has 1 aromatic rings. The van der Waals surface area contributed by atoms with Crippen LogP contribution in [0.5, 0.6) is 0 Å². The highest BCUT2D eigenvalue weighted by Gasteiger charge is 2.38. The van der Waals surface area contributed by atoms with Crippen LogP contribution in [0, 0.1) is 0 Å². The van der Waals surface area contributed by atoms with Crippen LogP contribution in [0.15, 0.2) is 35.3 Å². The van der Waals surface area contributed by atoms with Crippen LogP contribution in [-0.4, -0.2) is 36.6 Å². The van der Waals surface area contributed by atoms with Crippen molar-refractivity contribution in [3.8, 4) is 0 Å². The summed E-state index contributed by atoms with van der Waals surface area (Å²) in [7, 11) is 1.83. The Morgan fingerprint density at radius 3 is 2.65 bits per heavy atom. The Hall–Kier alpha value is -1.16. The Bertz CT molecular complexity index is 456. The zero-order valence-electron chi connectivity index (χ0n) is 12.8. The van der Waals surface area contributed by atoms with Crippen LogP contribution in [-0.2, 0) is 0 Å². The van der Waals surface area contributed by atoms with Gasteiger partial charge in [0.15, 0.2) is 5.96 Å². The zero-order chi connectivity index (χ0) is 14.6. The maximum atomic E-state index is 4.32. The SMILES string of the molecule is CN=C(NCC(C)(C)SC)NC1CC1c1ccccc1. The number of hydrogen-bond donors (Lipinski definition) is 2. The molecule has 0 aliphatic heterocycles. The molecule has 0 aromatic heterocycles. The van der Waals surface area contributed by atoms with E-state index < -0.39 is 0 Å². The molecule has 2 rings (SSSR count). The molecule has 0 heterocycles. The van der Waals surface area contributed by atoms with Crippen LogP contribution >= 0.6 is 11.8 Å². The molecule has 1 aliphatic rings. The Kier molecular flexibility index (Phi) is 4.97. The number of rotatable bonds is 5. The summed E-state index contributed by atoms with van der Waals surface area (Å²) in [6.45, 7) is 5.39. The van der Waals surface area contributed by atoms with E-state index in [1.165, 1.54) is 12.0 Å². The summed E-state index contributed by atoms with van der Waals surface area (Å²) < 4.78 is 0.222. The number of guanidine groups is 1. The van der Waals surface area contributed by atoms with Gasteiger partial charge < -0.3 is 10.6 Å². The van der Waals surface area contributed by atoms with E-state index >= 15 is 0 Å². The Balaban J connectivity index is 1.82. The van der Waals surface area contributed by atoms with Crippen LogP contribution in [0.4, 0.5) is 0 Å². The standard InChI is InChI=1S/C16H25N3S/c1-16(2,20-4)11-18-15(17-3)19-14-10-13(14)12-8-6-5-7-9-12/h5-9,13-14H,10-11H2,1-4H3,(H2,17,18,19). The number of hydrogen-bond acceptors (Lipinski definition) is 2. The molecule has 1 aliphatic carbocycles. The molecule has 110 valence electrons. The second kappa shape index (κ2) is 6.53. The van der Waals surface area contributed by atoms with Crippen molar-refractivity contribution >= 4 is 17.7 Å². The van der Waals surface area contributed by atoms with Crippen LogP contribution in [0.3, 0.4) is 0 Å². The first-order chi connectivity index (χ1) is 9.55. The predicted octanol–water partition coefficient (Wildman–Crippen LogP) is 2.85. The Morgan fingerprint density at radius 1 is 1.35 bits per heavy atom. The minimum atomic E-state index is 0.222. The van der Waals surface area contributed by atoms with Crippen LogP contribution in [0.25, 0.3) is 0 Å². The van der Waals surface area contributed by atoms with Gasteiger partial charge in [0.25, 0.3) is 0 Å². The lowest BCUT2D eigenvalue weighted by Crippen LogP contribution is -2.44. The molecule has 20 heavy (non-hydrogen) atoms. The smallest absolute Gasteiger partial charge is 0.191 e. The third-order valence-electron chi connectivity index (χ3n) is 3.80. The van der Waals surface area contributed by atoms with Crippen molar-refractivity contribution in [1.29, 1.82) is 0 Å². The fourth-order valence-corrected chi connectivity index (χ4v) is 2.38. The van der Waals surface area contributed by atoms with Crippen molar-refractivity contribution in [1.82, 2.24) is 10.6 Å². The summed E-state index contributed by atoms with van der Waals surface area (Å²) in [4.78, 5) is 4.32. The molecule has 1 saturated carbocycles. The highest BCUT2D eigenvalue weighted by molar-refractivity contribution is 7.99. The molecule has 0 bridgehead atoms. The lowest BCUT2D eigenvalue weighted by Gasteiger charge is -2.23. The largest absolute Gasteiger partial charge is 0.355 e. The Morgan fingerprint density at radius 2 is 2.05 bits per heavy atom. The normalized spacial score (nSPS) is 22.5. The average Bonchev–Trinajstić information content (AvgIpc) is 3.23. The number of benzene rings is 1. The number of thioether (sulfide) groups is 1. The first kappa shape index (κ1) is 15.2. The molecule has 0 radical (unpaired) electrons.